The molecule has 7 rings (SSSR count). The number of piperazine rings is 1. The first-order valence-electron chi connectivity index (χ1n) is 21.5. The predicted molar refractivity (Wildman–Crippen MR) is 247 cm³/mol. The number of rotatable bonds is 12. The predicted octanol–water partition coefficient (Wildman–Crippen LogP) is 7.83. The largest absolute Gasteiger partial charge is 0.462 e. The van der Waals surface area contributed by atoms with Crippen molar-refractivity contribution < 1.29 is 18.7 Å². The lowest BCUT2D eigenvalue weighted by Crippen LogP contribution is -2.67. The molecule has 0 N–H and O–H groups in total. The zero-order chi connectivity index (χ0) is 42.7. The summed E-state index contributed by atoms with van der Waals surface area (Å²) in [5, 5.41) is 4.79. The van der Waals surface area contributed by atoms with E-state index in [1.165, 1.54) is 32.4 Å². The molecule has 0 spiro atoms. The summed E-state index contributed by atoms with van der Waals surface area (Å²) in [5.74, 6) is 0.898. The summed E-state index contributed by atoms with van der Waals surface area (Å²) in [6, 6.07) is 34.8. The Balaban J connectivity index is 1.22. The van der Waals surface area contributed by atoms with Gasteiger partial charge in [-0.1, -0.05) is 112 Å². The first kappa shape index (κ1) is 43.1. The van der Waals surface area contributed by atoms with Crippen molar-refractivity contribution in [3.8, 4) is 6.01 Å². The Kier molecular flexibility index (Phi) is 12.9. The Morgan fingerprint density at radius 3 is 2.13 bits per heavy atom. The van der Waals surface area contributed by atoms with Crippen molar-refractivity contribution in [1.82, 2.24) is 19.8 Å². The second kappa shape index (κ2) is 17.9. The van der Waals surface area contributed by atoms with Gasteiger partial charge in [-0.3, -0.25) is 0 Å². The molecule has 0 saturated carbocycles. The molecule has 318 valence electrons. The van der Waals surface area contributed by atoms with Crippen LogP contribution in [0.4, 0.5) is 16.3 Å². The van der Waals surface area contributed by atoms with Gasteiger partial charge in [-0.25, -0.2) is 4.79 Å². The van der Waals surface area contributed by atoms with E-state index >= 15 is 0 Å². The Morgan fingerprint density at radius 2 is 1.48 bits per heavy atom. The molecule has 1 fully saturated rings. The molecule has 1 aromatic heterocycles. The molecule has 10 nitrogen and oxygen atoms in total. The molecular weight excluding hydrogens is 765 g/mol. The maximum absolute atomic E-state index is 14.0. The van der Waals surface area contributed by atoms with Gasteiger partial charge in [0.1, 0.15) is 18.0 Å². The molecule has 3 heterocycles. The van der Waals surface area contributed by atoms with Crippen LogP contribution in [0.15, 0.2) is 97.1 Å². The van der Waals surface area contributed by atoms with E-state index < -0.39 is 13.9 Å². The number of aromatic nitrogens is 2. The van der Waals surface area contributed by atoms with Crippen LogP contribution >= 0.6 is 0 Å². The zero-order valence-electron chi connectivity index (χ0n) is 37.2. The minimum Gasteiger partial charge on any atom is -0.462 e. The van der Waals surface area contributed by atoms with Crippen molar-refractivity contribution in [3.05, 3.63) is 114 Å². The normalized spacial score (nSPS) is 16.3. The second-order valence-corrected chi connectivity index (χ2v) is 23.0. The van der Waals surface area contributed by atoms with Gasteiger partial charge >= 0.3 is 12.1 Å². The first-order chi connectivity index (χ1) is 28.6. The summed E-state index contributed by atoms with van der Waals surface area (Å²) in [7, 11) is 1.27. The SMILES string of the molecule is Cc1cc(N2CCc3c(nc(OCCN(C)C)nc3N3CCN(C(=O)OC(C)(C)C)C(CCO[Si](c4ccccc4)(c4ccccc4)C(C)(C)C)C3)C2)c2ccccc2c1. The number of likely N-dealkylation sites (N-methyl/N-ethyl adjacent to an activating group) is 1. The number of carbonyl (C=O) groups is 1. The number of aryl methyl sites for hydroxylation is 1. The fourth-order valence-electron chi connectivity index (χ4n) is 8.90. The summed E-state index contributed by atoms with van der Waals surface area (Å²) in [6.07, 6.45) is 1.13. The first-order valence-corrected chi connectivity index (χ1v) is 23.4. The molecule has 2 aliphatic rings. The summed E-state index contributed by atoms with van der Waals surface area (Å²) in [6.45, 7) is 19.7. The van der Waals surface area contributed by atoms with E-state index in [9.17, 15) is 4.79 Å². The van der Waals surface area contributed by atoms with Crippen molar-refractivity contribution in [3.63, 3.8) is 0 Å². The molecular formula is C49H64N6O4Si. The van der Waals surface area contributed by atoms with E-state index in [0.717, 1.165) is 36.6 Å². The van der Waals surface area contributed by atoms with Crippen LogP contribution in [0, 0.1) is 6.92 Å². The molecule has 1 atom stereocenters. The van der Waals surface area contributed by atoms with E-state index in [0.29, 0.717) is 51.8 Å². The van der Waals surface area contributed by atoms with Crippen LogP contribution in [0.2, 0.25) is 5.04 Å². The lowest BCUT2D eigenvalue weighted by molar-refractivity contribution is 0.0117. The third-order valence-corrected chi connectivity index (χ3v) is 16.8. The maximum Gasteiger partial charge on any atom is 0.410 e. The van der Waals surface area contributed by atoms with Crippen LogP contribution in [0.3, 0.4) is 0 Å². The third-order valence-electron chi connectivity index (χ3n) is 11.7. The highest BCUT2D eigenvalue weighted by Crippen LogP contribution is 2.38. The lowest BCUT2D eigenvalue weighted by Gasteiger charge is -2.45. The topological polar surface area (TPSA) is 83.5 Å². The summed E-state index contributed by atoms with van der Waals surface area (Å²) in [5.41, 5.74) is 3.97. The van der Waals surface area contributed by atoms with Gasteiger partial charge in [0.15, 0.2) is 0 Å². The smallest absolute Gasteiger partial charge is 0.410 e. The number of ether oxygens (including phenoxy) is 2. The van der Waals surface area contributed by atoms with Crippen LogP contribution in [-0.4, -0.2) is 106 Å². The van der Waals surface area contributed by atoms with Crippen LogP contribution in [-0.2, 0) is 22.1 Å². The van der Waals surface area contributed by atoms with Gasteiger partial charge < -0.3 is 33.5 Å². The fourth-order valence-corrected chi connectivity index (χ4v) is 13.5. The Morgan fingerprint density at radius 1 is 0.817 bits per heavy atom. The van der Waals surface area contributed by atoms with Crippen LogP contribution in [0.25, 0.3) is 10.8 Å². The molecule has 0 aliphatic carbocycles. The van der Waals surface area contributed by atoms with E-state index in [2.05, 4.69) is 139 Å². The number of benzene rings is 4. The van der Waals surface area contributed by atoms with E-state index in [4.69, 9.17) is 23.9 Å². The van der Waals surface area contributed by atoms with Crippen LogP contribution < -0.4 is 24.9 Å². The molecule has 1 amide bonds. The minimum atomic E-state index is -2.80. The van der Waals surface area contributed by atoms with Crippen molar-refractivity contribution in [2.45, 2.75) is 84.5 Å². The highest BCUT2D eigenvalue weighted by atomic mass is 28.4. The van der Waals surface area contributed by atoms with Gasteiger partial charge in [0.2, 0.25) is 0 Å². The van der Waals surface area contributed by atoms with Crippen molar-refractivity contribution in [2.75, 3.05) is 69.8 Å². The number of hydrogen-bond donors (Lipinski definition) is 0. The van der Waals surface area contributed by atoms with Gasteiger partial charge in [0.05, 0.1) is 18.3 Å². The minimum absolute atomic E-state index is 0.166. The van der Waals surface area contributed by atoms with Gasteiger partial charge in [-0.2, -0.15) is 9.97 Å². The molecule has 0 bridgehead atoms. The van der Waals surface area contributed by atoms with Gasteiger partial charge in [0.25, 0.3) is 8.32 Å². The molecule has 0 radical (unpaired) electrons. The maximum atomic E-state index is 14.0. The summed E-state index contributed by atoms with van der Waals surface area (Å²) >= 11 is 0. The number of fused-ring (bicyclic) bond motifs is 2. The molecule has 60 heavy (non-hydrogen) atoms. The average Bonchev–Trinajstić information content (AvgIpc) is 3.21. The zero-order valence-corrected chi connectivity index (χ0v) is 38.2. The monoisotopic (exact) mass is 828 g/mol. The second-order valence-electron chi connectivity index (χ2n) is 18.7. The fraction of sp³-hybridized carbons (Fsp3) is 0.449. The van der Waals surface area contributed by atoms with Crippen LogP contribution in [0.5, 0.6) is 6.01 Å². The van der Waals surface area contributed by atoms with Gasteiger partial charge in [0, 0.05) is 56.0 Å². The van der Waals surface area contributed by atoms with Crippen molar-refractivity contribution in [1.29, 1.82) is 0 Å². The highest BCUT2D eigenvalue weighted by Gasteiger charge is 2.50. The van der Waals surface area contributed by atoms with Gasteiger partial charge in [-0.15, -0.1) is 0 Å². The highest BCUT2D eigenvalue weighted by molar-refractivity contribution is 6.99. The van der Waals surface area contributed by atoms with Crippen molar-refractivity contribution in [2.24, 2.45) is 0 Å². The summed E-state index contributed by atoms with van der Waals surface area (Å²) in [4.78, 5) is 33.0. The molecule has 5 aromatic rings. The quantitative estimate of drug-likeness (QED) is 0.117. The van der Waals surface area contributed by atoms with Crippen LogP contribution in [0.1, 0.15) is 64.8 Å². The van der Waals surface area contributed by atoms with E-state index in [-0.39, 0.29) is 17.2 Å². The average molecular weight is 829 g/mol. The number of amides is 1. The third kappa shape index (κ3) is 9.48. The summed E-state index contributed by atoms with van der Waals surface area (Å²) < 4.78 is 19.7. The molecule has 1 unspecified atom stereocenters. The number of anilines is 2. The molecule has 4 aromatic carbocycles. The molecule has 1 saturated heterocycles. The Hall–Kier alpha value is -4.97. The molecule has 11 heteroatoms. The van der Waals surface area contributed by atoms with Gasteiger partial charge in [-0.05, 0) is 87.1 Å². The van der Waals surface area contributed by atoms with E-state index in [1.807, 2.05) is 39.8 Å². The van der Waals surface area contributed by atoms with E-state index in [1.54, 1.807) is 0 Å². The number of nitrogens with zero attached hydrogens (tertiary/aromatic N) is 6. The Labute approximate surface area is 358 Å². The molecule has 2 aliphatic heterocycles. The van der Waals surface area contributed by atoms with Crippen molar-refractivity contribution >= 4 is 47.1 Å². The standard InChI is InChI=1S/C49H64N6O4Si/c1-36-32-37-18-16-17-23-41(37)44(33-36)53-26-24-42-43(35-53)50-46(57-31-29-52(8)9)51-45(42)54-27-28-55(47(56)59-48(2,3)4)38(34-54)25-30-58-60(49(5,6)7,39-19-12-10-13-20-39)40-21-14-11-15-22-40/h10-23,32-33,38H,24-31,34-35H2,1-9H3. The lowest BCUT2D eigenvalue weighted by atomic mass is 10.00. The number of carbonyl (C=O) groups excluding carboxylic acids is 1. The number of hydrogen-bond acceptors (Lipinski definition) is 9. The Bertz CT molecular complexity index is 2200.